The predicted molar refractivity (Wildman–Crippen MR) is 112 cm³/mol. The Labute approximate surface area is 175 Å². The van der Waals surface area contributed by atoms with E-state index in [9.17, 15) is 23.5 Å². The number of carboxylic acid groups (broad SMARTS) is 1. The van der Waals surface area contributed by atoms with Crippen molar-refractivity contribution in [1.29, 1.82) is 0 Å². The molecule has 0 amide bonds. The Kier molecular flexibility index (Phi) is 5.80. The number of rotatable bonds is 3. The van der Waals surface area contributed by atoms with Gasteiger partial charge in [0.15, 0.2) is 0 Å². The average molecular weight is 437 g/mol. The van der Waals surface area contributed by atoms with Crippen LogP contribution in [0.15, 0.2) is 47.4 Å². The maximum absolute atomic E-state index is 14.9. The number of benzene rings is 2. The zero-order valence-corrected chi connectivity index (χ0v) is 16.4. The standard InChI is InChI=1S/C20H18F2N4O3.ClH/c21-10-1-3-11(4-2-10)26-7-13(20(28)29)19(27)12-5-14(22)18(6-17(12)26)25-8-15(23)16(24)9-25;/h1-7,15-16H,8-9,23-24H2,(H,28,29);1H/t15-,16-;/m1./s1. The second-order valence-electron chi connectivity index (χ2n) is 7.08. The van der Waals surface area contributed by atoms with Crippen LogP contribution in [0.1, 0.15) is 10.4 Å². The van der Waals surface area contributed by atoms with Crippen molar-refractivity contribution in [1.82, 2.24) is 4.57 Å². The SMILES string of the molecule is Cl.N[C@@H]1CN(c2cc3c(cc2F)c(=O)c(C(=O)O)cn3-c2ccc(F)cc2)C[C@H]1N. The highest BCUT2D eigenvalue weighted by molar-refractivity contribution is 5.94. The van der Waals surface area contributed by atoms with E-state index < -0.39 is 28.6 Å². The number of anilines is 1. The summed E-state index contributed by atoms with van der Waals surface area (Å²) < 4.78 is 29.6. The number of carboxylic acids is 1. The molecule has 3 aromatic rings. The van der Waals surface area contributed by atoms with Gasteiger partial charge in [-0.05, 0) is 36.4 Å². The first-order valence-electron chi connectivity index (χ1n) is 8.90. The summed E-state index contributed by atoms with van der Waals surface area (Å²) in [5.74, 6) is -2.58. The lowest BCUT2D eigenvalue weighted by atomic mass is 10.1. The molecule has 5 N–H and O–H groups in total. The molecular weight excluding hydrogens is 418 g/mol. The number of fused-ring (bicyclic) bond motifs is 1. The zero-order valence-electron chi connectivity index (χ0n) is 15.6. The number of carbonyl (C=O) groups is 1. The van der Waals surface area contributed by atoms with E-state index in [1.807, 2.05) is 0 Å². The number of aromatic nitrogens is 1. The third-order valence-electron chi connectivity index (χ3n) is 5.16. The Morgan fingerprint density at radius 3 is 2.23 bits per heavy atom. The maximum Gasteiger partial charge on any atom is 0.341 e. The number of halogens is 3. The molecule has 0 radical (unpaired) electrons. The lowest BCUT2D eigenvalue weighted by Gasteiger charge is -2.21. The van der Waals surface area contributed by atoms with Gasteiger partial charge in [0.2, 0.25) is 5.43 Å². The molecule has 2 aromatic carbocycles. The molecule has 0 unspecified atom stereocenters. The van der Waals surface area contributed by atoms with E-state index in [0.717, 1.165) is 12.3 Å². The average Bonchev–Trinajstić information content (AvgIpc) is 3.01. The third-order valence-corrected chi connectivity index (χ3v) is 5.16. The van der Waals surface area contributed by atoms with E-state index in [1.165, 1.54) is 34.9 Å². The van der Waals surface area contributed by atoms with Crippen LogP contribution in [0.5, 0.6) is 0 Å². The van der Waals surface area contributed by atoms with Crippen LogP contribution in [0.2, 0.25) is 0 Å². The topological polar surface area (TPSA) is 115 Å². The van der Waals surface area contributed by atoms with Crippen LogP contribution in [0.4, 0.5) is 14.5 Å². The molecule has 158 valence electrons. The largest absolute Gasteiger partial charge is 0.477 e. The Bertz CT molecular complexity index is 1170. The number of pyridine rings is 1. The normalized spacial score (nSPS) is 18.5. The highest BCUT2D eigenvalue weighted by atomic mass is 35.5. The fourth-order valence-electron chi connectivity index (χ4n) is 3.60. The first-order chi connectivity index (χ1) is 13.8. The van der Waals surface area contributed by atoms with E-state index in [2.05, 4.69) is 0 Å². The van der Waals surface area contributed by atoms with Gasteiger partial charge in [0.25, 0.3) is 0 Å². The van der Waals surface area contributed by atoms with Crippen LogP contribution in [0.25, 0.3) is 16.6 Å². The Hall–Kier alpha value is -3.01. The van der Waals surface area contributed by atoms with Gasteiger partial charge in [0.05, 0.1) is 11.2 Å². The van der Waals surface area contributed by atoms with Gasteiger partial charge in [0.1, 0.15) is 17.2 Å². The molecule has 1 aromatic heterocycles. The van der Waals surface area contributed by atoms with E-state index in [4.69, 9.17) is 11.5 Å². The van der Waals surface area contributed by atoms with Crippen molar-refractivity contribution >= 4 is 35.0 Å². The molecule has 4 rings (SSSR count). The molecular formula is C20H19ClF2N4O3. The molecule has 1 aliphatic heterocycles. The minimum atomic E-state index is -1.44. The number of nitrogens with zero attached hydrogens (tertiary/aromatic N) is 2. The second-order valence-corrected chi connectivity index (χ2v) is 7.08. The summed E-state index contributed by atoms with van der Waals surface area (Å²) in [7, 11) is 0. The summed E-state index contributed by atoms with van der Waals surface area (Å²) in [5.41, 5.74) is 11.5. The van der Waals surface area contributed by atoms with Crippen molar-refractivity contribution in [2.75, 3.05) is 18.0 Å². The molecule has 10 heteroatoms. The molecule has 1 aliphatic rings. The van der Waals surface area contributed by atoms with Gasteiger partial charge in [-0.2, -0.15) is 0 Å². The van der Waals surface area contributed by atoms with Gasteiger partial charge in [-0.25, -0.2) is 13.6 Å². The van der Waals surface area contributed by atoms with Crippen molar-refractivity contribution in [3.63, 3.8) is 0 Å². The van der Waals surface area contributed by atoms with Gasteiger partial charge in [-0.3, -0.25) is 4.79 Å². The molecule has 30 heavy (non-hydrogen) atoms. The molecule has 2 atom stereocenters. The first-order valence-corrected chi connectivity index (χ1v) is 8.90. The van der Waals surface area contributed by atoms with E-state index in [1.54, 1.807) is 4.90 Å². The predicted octanol–water partition coefficient (Wildman–Crippen LogP) is 1.86. The minimum Gasteiger partial charge on any atom is -0.477 e. The maximum atomic E-state index is 14.9. The summed E-state index contributed by atoms with van der Waals surface area (Å²) in [5, 5.41) is 9.30. The summed E-state index contributed by atoms with van der Waals surface area (Å²) >= 11 is 0. The zero-order chi connectivity index (χ0) is 20.9. The van der Waals surface area contributed by atoms with Gasteiger partial charge < -0.3 is 26.0 Å². The summed E-state index contributed by atoms with van der Waals surface area (Å²) in [6, 6.07) is 7.15. The molecule has 0 saturated carbocycles. The lowest BCUT2D eigenvalue weighted by Crippen LogP contribution is -2.39. The highest BCUT2D eigenvalue weighted by Crippen LogP contribution is 2.29. The van der Waals surface area contributed by atoms with Crippen molar-refractivity contribution in [3.8, 4) is 5.69 Å². The molecule has 7 nitrogen and oxygen atoms in total. The monoisotopic (exact) mass is 436 g/mol. The molecule has 0 aliphatic carbocycles. The first kappa shape index (κ1) is 21.7. The minimum absolute atomic E-state index is 0. The fourth-order valence-corrected chi connectivity index (χ4v) is 3.60. The number of aromatic carboxylic acids is 1. The number of hydrogen-bond acceptors (Lipinski definition) is 5. The molecule has 0 bridgehead atoms. The summed E-state index contributed by atoms with van der Waals surface area (Å²) in [6.45, 7) is 0.690. The van der Waals surface area contributed by atoms with Gasteiger partial charge >= 0.3 is 5.97 Å². The number of nitrogens with two attached hydrogens (primary N) is 2. The van der Waals surface area contributed by atoms with Crippen LogP contribution in [0, 0.1) is 11.6 Å². The Morgan fingerprint density at radius 2 is 1.67 bits per heavy atom. The second kappa shape index (κ2) is 8.02. The summed E-state index contributed by atoms with van der Waals surface area (Å²) in [4.78, 5) is 25.8. The van der Waals surface area contributed by atoms with E-state index in [-0.39, 0.29) is 41.1 Å². The van der Waals surface area contributed by atoms with E-state index in [0.29, 0.717) is 18.8 Å². The Balaban J connectivity index is 0.00000256. The van der Waals surface area contributed by atoms with Crippen LogP contribution in [-0.2, 0) is 0 Å². The fraction of sp³-hybridized carbons (Fsp3) is 0.200. The van der Waals surface area contributed by atoms with E-state index >= 15 is 0 Å². The number of hydrogen-bond donors (Lipinski definition) is 3. The molecule has 0 spiro atoms. The molecule has 1 fully saturated rings. The van der Waals surface area contributed by atoms with Crippen LogP contribution in [-0.4, -0.2) is 40.8 Å². The van der Waals surface area contributed by atoms with Crippen molar-refractivity contribution < 1.29 is 18.7 Å². The molecule has 2 heterocycles. The summed E-state index contributed by atoms with van der Waals surface area (Å²) in [6.07, 6.45) is 1.16. The van der Waals surface area contributed by atoms with Gasteiger partial charge in [-0.15, -0.1) is 12.4 Å². The van der Waals surface area contributed by atoms with Gasteiger partial charge in [-0.1, -0.05) is 0 Å². The van der Waals surface area contributed by atoms with Crippen LogP contribution in [0.3, 0.4) is 0 Å². The van der Waals surface area contributed by atoms with Crippen LogP contribution < -0.4 is 21.8 Å². The van der Waals surface area contributed by atoms with Crippen LogP contribution >= 0.6 is 12.4 Å². The quantitative estimate of drug-likeness (QED) is 0.577. The Morgan fingerprint density at radius 1 is 1.07 bits per heavy atom. The third kappa shape index (κ3) is 3.62. The highest BCUT2D eigenvalue weighted by Gasteiger charge is 2.29. The van der Waals surface area contributed by atoms with Crippen molar-refractivity contribution in [2.24, 2.45) is 11.5 Å². The smallest absolute Gasteiger partial charge is 0.341 e. The molecule has 1 saturated heterocycles. The van der Waals surface area contributed by atoms with Crippen molar-refractivity contribution in [3.05, 3.63) is 70.0 Å². The van der Waals surface area contributed by atoms with Crippen molar-refractivity contribution in [2.45, 2.75) is 12.1 Å². The van der Waals surface area contributed by atoms with Gasteiger partial charge in [0, 0.05) is 42.4 Å². The lowest BCUT2D eigenvalue weighted by molar-refractivity contribution is 0.0695.